The highest BCUT2D eigenvalue weighted by Crippen LogP contribution is 2.22. The molecule has 0 amide bonds. The third-order valence-electron chi connectivity index (χ3n) is 2.79. The van der Waals surface area contributed by atoms with Gasteiger partial charge >= 0.3 is 5.97 Å². The summed E-state index contributed by atoms with van der Waals surface area (Å²) in [6.45, 7) is 1.99. The Morgan fingerprint density at radius 1 is 1.36 bits per heavy atom. The van der Waals surface area contributed by atoms with Gasteiger partial charge in [-0.2, -0.15) is 0 Å². The van der Waals surface area contributed by atoms with E-state index >= 15 is 0 Å². The van der Waals surface area contributed by atoms with Crippen LogP contribution in [0, 0.1) is 0 Å². The molecular weight excluding hydrogens is 304 g/mol. The van der Waals surface area contributed by atoms with E-state index in [0.29, 0.717) is 16.2 Å². The van der Waals surface area contributed by atoms with Gasteiger partial charge < -0.3 is 15.2 Å². The molecule has 1 aromatic heterocycles. The average Bonchev–Trinajstić information content (AvgIpc) is 2.51. The van der Waals surface area contributed by atoms with Crippen LogP contribution in [0.3, 0.4) is 0 Å². The largest absolute Gasteiger partial charge is 0.504 e. The predicted octanol–water partition coefficient (Wildman–Crippen LogP) is 3.46. The van der Waals surface area contributed by atoms with Crippen LogP contribution in [0.25, 0.3) is 5.57 Å². The van der Waals surface area contributed by atoms with E-state index in [0.717, 1.165) is 0 Å². The highest BCUT2D eigenvalue weighted by molar-refractivity contribution is 6.30. The van der Waals surface area contributed by atoms with Crippen molar-refractivity contribution in [3.8, 4) is 5.75 Å². The zero-order valence-electron chi connectivity index (χ0n) is 11.9. The molecule has 2 rings (SSSR count). The van der Waals surface area contributed by atoms with Gasteiger partial charge in [-0.05, 0) is 36.8 Å². The van der Waals surface area contributed by atoms with Crippen LogP contribution in [0.15, 0.2) is 48.8 Å². The Labute approximate surface area is 133 Å². The predicted molar refractivity (Wildman–Crippen MR) is 85.6 cm³/mol. The van der Waals surface area contributed by atoms with E-state index in [-0.39, 0.29) is 18.2 Å². The second kappa shape index (κ2) is 7.47. The van der Waals surface area contributed by atoms with Crippen LogP contribution >= 0.6 is 11.6 Å². The number of ether oxygens (including phenoxy) is 1. The number of hydrogen-bond donors (Lipinski definition) is 2. The molecule has 0 atom stereocenters. The van der Waals surface area contributed by atoms with Crippen molar-refractivity contribution >= 4 is 29.0 Å². The molecule has 22 heavy (non-hydrogen) atoms. The van der Waals surface area contributed by atoms with Gasteiger partial charge in [-0.25, -0.2) is 9.78 Å². The summed E-state index contributed by atoms with van der Waals surface area (Å²) in [5.41, 5.74) is 0.953. The number of anilines is 1. The third kappa shape index (κ3) is 3.99. The van der Waals surface area contributed by atoms with Crippen LogP contribution in [0.1, 0.15) is 12.5 Å². The van der Waals surface area contributed by atoms with Crippen LogP contribution in [0.5, 0.6) is 5.75 Å². The van der Waals surface area contributed by atoms with Gasteiger partial charge in [0.05, 0.1) is 12.2 Å². The van der Waals surface area contributed by atoms with Gasteiger partial charge in [-0.3, -0.25) is 0 Å². The SMILES string of the molecule is CCOC(=O)/C(=C\Nc1ncccc1O)c1ccc(Cl)cc1. The number of esters is 1. The van der Waals surface area contributed by atoms with Crippen molar-refractivity contribution < 1.29 is 14.6 Å². The van der Waals surface area contributed by atoms with Crippen LogP contribution in [0.2, 0.25) is 5.02 Å². The summed E-state index contributed by atoms with van der Waals surface area (Å²) < 4.78 is 5.04. The maximum absolute atomic E-state index is 12.1. The van der Waals surface area contributed by atoms with Crippen molar-refractivity contribution in [1.29, 1.82) is 0 Å². The minimum absolute atomic E-state index is 0.0157. The number of nitrogens with zero attached hydrogens (tertiary/aromatic N) is 1. The topological polar surface area (TPSA) is 71.5 Å². The first kappa shape index (κ1) is 15.9. The molecule has 2 N–H and O–H groups in total. The molecule has 1 aromatic carbocycles. The fourth-order valence-electron chi connectivity index (χ4n) is 1.75. The quantitative estimate of drug-likeness (QED) is 0.652. The molecule has 6 heteroatoms. The Balaban J connectivity index is 2.31. The van der Waals surface area contributed by atoms with E-state index in [2.05, 4.69) is 10.3 Å². The average molecular weight is 319 g/mol. The van der Waals surface area contributed by atoms with Crippen molar-refractivity contribution in [3.05, 3.63) is 59.4 Å². The summed E-state index contributed by atoms with van der Waals surface area (Å²) in [6.07, 6.45) is 2.98. The van der Waals surface area contributed by atoms with E-state index in [9.17, 15) is 9.90 Å². The minimum Gasteiger partial charge on any atom is -0.504 e. The molecule has 0 fully saturated rings. The maximum atomic E-state index is 12.1. The normalized spacial score (nSPS) is 11.1. The molecule has 5 nitrogen and oxygen atoms in total. The van der Waals surface area contributed by atoms with Crippen LogP contribution in [-0.2, 0) is 9.53 Å². The lowest BCUT2D eigenvalue weighted by atomic mass is 10.1. The fourth-order valence-corrected chi connectivity index (χ4v) is 1.87. The summed E-state index contributed by atoms with van der Waals surface area (Å²) in [5.74, 6) is -0.246. The van der Waals surface area contributed by atoms with E-state index in [1.165, 1.54) is 18.5 Å². The second-order valence-corrected chi connectivity index (χ2v) is 4.74. The molecule has 0 unspecified atom stereocenters. The minimum atomic E-state index is -0.479. The smallest absolute Gasteiger partial charge is 0.340 e. The maximum Gasteiger partial charge on any atom is 0.340 e. The number of halogens is 1. The van der Waals surface area contributed by atoms with E-state index in [4.69, 9.17) is 16.3 Å². The van der Waals surface area contributed by atoms with Gasteiger partial charge in [0.25, 0.3) is 0 Å². The highest BCUT2D eigenvalue weighted by atomic mass is 35.5. The van der Waals surface area contributed by atoms with Gasteiger partial charge in [0, 0.05) is 17.4 Å². The zero-order valence-corrected chi connectivity index (χ0v) is 12.7. The van der Waals surface area contributed by atoms with Gasteiger partial charge in [0.15, 0.2) is 11.6 Å². The first-order valence-corrected chi connectivity index (χ1v) is 7.03. The summed E-state index contributed by atoms with van der Waals surface area (Å²) in [4.78, 5) is 16.1. The number of aromatic nitrogens is 1. The number of aromatic hydroxyl groups is 1. The van der Waals surface area contributed by atoms with Crippen molar-refractivity contribution in [3.63, 3.8) is 0 Å². The van der Waals surface area contributed by atoms with Gasteiger partial charge in [0.2, 0.25) is 0 Å². The molecule has 0 bridgehead atoms. The molecule has 0 aliphatic heterocycles. The van der Waals surface area contributed by atoms with E-state index in [1.807, 2.05) is 0 Å². The summed E-state index contributed by atoms with van der Waals surface area (Å²) >= 11 is 5.86. The van der Waals surface area contributed by atoms with Crippen LogP contribution < -0.4 is 5.32 Å². The molecule has 0 aliphatic rings. The summed E-state index contributed by atoms with van der Waals surface area (Å²) in [5, 5.41) is 13.1. The molecule has 2 aromatic rings. The van der Waals surface area contributed by atoms with Gasteiger partial charge in [-0.1, -0.05) is 23.7 Å². The Hall–Kier alpha value is -2.53. The lowest BCUT2D eigenvalue weighted by Gasteiger charge is -2.09. The first-order valence-electron chi connectivity index (χ1n) is 6.65. The van der Waals surface area contributed by atoms with Gasteiger partial charge in [0.1, 0.15) is 0 Å². The number of carbonyl (C=O) groups is 1. The standard InChI is InChI=1S/C16H15ClN2O3/c1-2-22-16(21)13(11-5-7-12(17)8-6-11)10-19-15-14(20)4-3-9-18-15/h3-10,20H,2H2,1H3,(H,18,19)/b13-10-. The molecule has 0 spiro atoms. The third-order valence-corrected chi connectivity index (χ3v) is 3.04. The van der Waals surface area contributed by atoms with Crippen LogP contribution in [0.4, 0.5) is 5.82 Å². The molecule has 114 valence electrons. The summed E-state index contributed by atoms with van der Waals surface area (Å²) in [6, 6.07) is 9.89. The van der Waals surface area contributed by atoms with E-state index < -0.39 is 5.97 Å². The van der Waals surface area contributed by atoms with Crippen molar-refractivity contribution in [2.45, 2.75) is 6.92 Å². The Bertz CT molecular complexity index is 684. The first-order chi connectivity index (χ1) is 10.6. The number of carbonyl (C=O) groups excluding carboxylic acids is 1. The number of nitrogens with one attached hydrogen (secondary N) is 1. The van der Waals surface area contributed by atoms with Crippen molar-refractivity contribution in [1.82, 2.24) is 4.98 Å². The number of rotatable bonds is 5. The molecule has 1 heterocycles. The van der Waals surface area contributed by atoms with E-state index in [1.54, 1.807) is 37.3 Å². The van der Waals surface area contributed by atoms with Crippen molar-refractivity contribution in [2.75, 3.05) is 11.9 Å². The molecule has 0 aliphatic carbocycles. The molecule has 0 radical (unpaired) electrons. The Morgan fingerprint density at radius 2 is 2.09 bits per heavy atom. The van der Waals surface area contributed by atoms with Crippen LogP contribution in [-0.4, -0.2) is 22.7 Å². The lowest BCUT2D eigenvalue weighted by Crippen LogP contribution is -2.08. The zero-order chi connectivity index (χ0) is 15.9. The number of benzene rings is 1. The number of pyridine rings is 1. The molecular formula is C16H15ClN2O3. The monoisotopic (exact) mass is 318 g/mol. The fraction of sp³-hybridized carbons (Fsp3) is 0.125. The summed E-state index contributed by atoms with van der Waals surface area (Å²) in [7, 11) is 0. The highest BCUT2D eigenvalue weighted by Gasteiger charge is 2.13. The van der Waals surface area contributed by atoms with Crippen molar-refractivity contribution in [2.24, 2.45) is 0 Å². The second-order valence-electron chi connectivity index (χ2n) is 4.30. The molecule has 0 saturated carbocycles. The lowest BCUT2D eigenvalue weighted by molar-refractivity contribution is -0.136. The Morgan fingerprint density at radius 3 is 2.73 bits per heavy atom. The van der Waals surface area contributed by atoms with Gasteiger partial charge in [-0.15, -0.1) is 0 Å². The Kier molecular flexibility index (Phi) is 5.38. The number of hydrogen-bond acceptors (Lipinski definition) is 5. The molecule has 0 saturated heterocycles.